The first-order chi connectivity index (χ1) is 12.2. The summed E-state index contributed by atoms with van der Waals surface area (Å²) in [5, 5.41) is 9.65. The van der Waals surface area contributed by atoms with Gasteiger partial charge < -0.3 is 10.6 Å². The van der Waals surface area contributed by atoms with Crippen LogP contribution < -0.4 is 5.73 Å². The van der Waals surface area contributed by atoms with Crippen LogP contribution in [0.4, 0.5) is 0 Å². The third-order valence-electron chi connectivity index (χ3n) is 4.40. The van der Waals surface area contributed by atoms with Gasteiger partial charge in [-0.1, -0.05) is 42.5 Å². The van der Waals surface area contributed by atoms with Crippen LogP contribution in [0.5, 0.6) is 0 Å². The quantitative estimate of drug-likeness (QED) is 0.482. The predicted octanol–water partition coefficient (Wildman–Crippen LogP) is 1.52. The molecule has 1 atom stereocenters. The Morgan fingerprint density at radius 2 is 1.42 bits per heavy atom. The highest BCUT2D eigenvalue weighted by Gasteiger charge is 2.47. The second-order valence-electron chi connectivity index (χ2n) is 6.07. The zero-order chi connectivity index (χ0) is 19.5. The van der Waals surface area contributed by atoms with E-state index in [0.717, 1.165) is 23.1 Å². The molecule has 0 aromatic heterocycles. The molecule has 2 aromatic rings. The molecule has 7 nitrogen and oxygen atoms in total. The van der Waals surface area contributed by atoms with E-state index < -0.39 is 23.3 Å². The van der Waals surface area contributed by atoms with E-state index in [1.807, 2.05) is 30.3 Å². The number of hydroxylamine groups is 2. The first-order valence-corrected chi connectivity index (χ1v) is 7.90. The van der Waals surface area contributed by atoms with Crippen molar-refractivity contribution >= 4 is 17.7 Å². The van der Waals surface area contributed by atoms with Crippen molar-refractivity contribution in [3.63, 3.8) is 0 Å². The zero-order valence-corrected chi connectivity index (χ0v) is 14.8. The van der Waals surface area contributed by atoms with Gasteiger partial charge in [-0.15, -0.1) is 0 Å². The molecule has 0 spiro atoms. The van der Waals surface area contributed by atoms with Crippen molar-refractivity contribution in [3.8, 4) is 11.1 Å². The molecule has 0 fully saturated rings. The fourth-order valence-electron chi connectivity index (χ4n) is 2.56. The number of nitrogens with zero attached hydrogens (tertiary/aromatic N) is 2. The minimum Gasteiger partial charge on any atom is -0.367 e. The Morgan fingerprint density at radius 1 is 0.923 bits per heavy atom. The summed E-state index contributed by atoms with van der Waals surface area (Å²) < 4.78 is 0. The van der Waals surface area contributed by atoms with Crippen molar-refractivity contribution in [1.82, 2.24) is 9.96 Å². The summed E-state index contributed by atoms with van der Waals surface area (Å²) in [4.78, 5) is 37.7. The van der Waals surface area contributed by atoms with Crippen molar-refractivity contribution in [2.45, 2.75) is 12.5 Å². The molecule has 0 bridgehead atoms. The summed E-state index contributed by atoms with van der Waals surface area (Å²) in [6, 6.07) is 16.4. The predicted molar refractivity (Wildman–Crippen MR) is 96.1 cm³/mol. The van der Waals surface area contributed by atoms with Crippen molar-refractivity contribution in [2.24, 2.45) is 5.73 Å². The maximum Gasteiger partial charge on any atom is 0.281 e. The number of carbonyl (C=O) groups excluding carboxylic acids is 3. The summed E-state index contributed by atoms with van der Waals surface area (Å²) in [7, 11) is 2.36. The molecule has 2 aromatic carbocycles. The van der Waals surface area contributed by atoms with Gasteiger partial charge in [-0.3, -0.25) is 19.6 Å². The monoisotopic (exact) mass is 355 g/mol. The van der Waals surface area contributed by atoms with Crippen LogP contribution in [-0.4, -0.2) is 52.5 Å². The second kappa shape index (κ2) is 7.37. The van der Waals surface area contributed by atoms with Gasteiger partial charge in [0.1, 0.15) is 0 Å². The van der Waals surface area contributed by atoms with E-state index in [1.54, 1.807) is 24.3 Å². The first kappa shape index (κ1) is 19.1. The van der Waals surface area contributed by atoms with Crippen LogP contribution in [0.2, 0.25) is 0 Å². The molecule has 0 aliphatic rings. The highest BCUT2D eigenvalue weighted by Crippen LogP contribution is 2.22. The molecule has 0 saturated heterocycles. The smallest absolute Gasteiger partial charge is 0.281 e. The third kappa shape index (κ3) is 3.43. The molecule has 1 unspecified atom stereocenters. The molecule has 0 radical (unpaired) electrons. The highest BCUT2D eigenvalue weighted by atomic mass is 16.5. The van der Waals surface area contributed by atoms with Gasteiger partial charge in [-0.25, -0.2) is 5.06 Å². The van der Waals surface area contributed by atoms with Crippen molar-refractivity contribution < 1.29 is 19.6 Å². The van der Waals surface area contributed by atoms with Gasteiger partial charge >= 0.3 is 0 Å². The van der Waals surface area contributed by atoms with Crippen LogP contribution >= 0.6 is 0 Å². The molecule has 0 aliphatic heterocycles. The fourth-order valence-corrected chi connectivity index (χ4v) is 2.56. The van der Waals surface area contributed by atoms with E-state index in [4.69, 9.17) is 5.73 Å². The number of amides is 3. The molecular weight excluding hydrogens is 334 g/mol. The number of benzene rings is 2. The Hall–Kier alpha value is -3.19. The minimum atomic E-state index is -2.02. The molecular formula is C19H21N3O4. The average molecular weight is 355 g/mol. The summed E-state index contributed by atoms with van der Waals surface area (Å²) >= 11 is 0. The second-order valence-corrected chi connectivity index (χ2v) is 6.07. The highest BCUT2D eigenvalue weighted by molar-refractivity contribution is 6.12. The largest absolute Gasteiger partial charge is 0.367 e. The number of rotatable bonds is 5. The number of hydrogen-bond donors (Lipinski definition) is 2. The summed E-state index contributed by atoms with van der Waals surface area (Å²) in [5.41, 5.74) is 5.53. The molecule has 7 heteroatoms. The SMILES string of the molecule is CN(O)C(=O)C(C)(C(N)=O)N(C)C(=O)c1ccc(-c2ccccc2)cc1. The molecule has 3 N–H and O–H groups in total. The molecule has 0 aliphatic carbocycles. The van der Waals surface area contributed by atoms with Crippen LogP contribution in [0, 0.1) is 0 Å². The number of carbonyl (C=O) groups is 3. The fraction of sp³-hybridized carbons (Fsp3) is 0.211. The standard InChI is InChI=1S/C19H21N3O4/c1-19(17(20)24,18(25)22(3)26)21(2)16(23)15-11-9-14(10-12-15)13-7-5-4-6-8-13/h4-12,26H,1-3H3,(H2,20,24). The van der Waals surface area contributed by atoms with E-state index in [9.17, 15) is 19.6 Å². The van der Waals surface area contributed by atoms with Gasteiger partial charge in [-0.2, -0.15) is 0 Å². The number of likely N-dealkylation sites (N-methyl/N-ethyl adjacent to an activating group) is 2. The Morgan fingerprint density at radius 3 is 1.88 bits per heavy atom. The Bertz CT molecular complexity index is 818. The summed E-state index contributed by atoms with van der Waals surface area (Å²) in [6.07, 6.45) is 0. The topological polar surface area (TPSA) is 104 Å². The van der Waals surface area contributed by atoms with Crippen molar-refractivity contribution in [1.29, 1.82) is 0 Å². The van der Waals surface area contributed by atoms with Crippen LogP contribution in [0.25, 0.3) is 11.1 Å². The van der Waals surface area contributed by atoms with E-state index >= 15 is 0 Å². The maximum atomic E-state index is 12.7. The van der Waals surface area contributed by atoms with Crippen molar-refractivity contribution in [2.75, 3.05) is 14.1 Å². The summed E-state index contributed by atoms with van der Waals surface area (Å²) in [5.74, 6) is -2.61. The minimum absolute atomic E-state index is 0.243. The maximum absolute atomic E-state index is 12.7. The lowest BCUT2D eigenvalue weighted by atomic mass is 9.96. The number of hydrogen-bond acceptors (Lipinski definition) is 4. The molecule has 2 rings (SSSR count). The van der Waals surface area contributed by atoms with Crippen LogP contribution in [0.1, 0.15) is 17.3 Å². The van der Waals surface area contributed by atoms with Gasteiger partial charge in [-0.05, 0) is 30.2 Å². The summed E-state index contributed by atoms with van der Waals surface area (Å²) in [6.45, 7) is 1.20. The van der Waals surface area contributed by atoms with E-state index in [0.29, 0.717) is 0 Å². The third-order valence-corrected chi connectivity index (χ3v) is 4.40. The number of primary amides is 1. The Balaban J connectivity index is 2.32. The first-order valence-electron chi connectivity index (χ1n) is 7.90. The van der Waals surface area contributed by atoms with Crippen LogP contribution in [0.3, 0.4) is 0 Å². The van der Waals surface area contributed by atoms with E-state index in [-0.39, 0.29) is 10.6 Å². The lowest BCUT2D eigenvalue weighted by Crippen LogP contribution is -2.64. The Kier molecular flexibility index (Phi) is 5.42. The van der Waals surface area contributed by atoms with Crippen molar-refractivity contribution in [3.05, 3.63) is 60.2 Å². The lowest BCUT2D eigenvalue weighted by molar-refractivity contribution is -0.172. The molecule has 136 valence electrons. The zero-order valence-electron chi connectivity index (χ0n) is 14.8. The van der Waals surface area contributed by atoms with Gasteiger partial charge in [0.2, 0.25) is 0 Å². The van der Waals surface area contributed by atoms with Gasteiger partial charge in [0, 0.05) is 19.7 Å². The lowest BCUT2D eigenvalue weighted by Gasteiger charge is -2.35. The molecule has 0 heterocycles. The number of nitrogens with two attached hydrogens (primary N) is 1. The van der Waals surface area contributed by atoms with Crippen LogP contribution in [0.15, 0.2) is 54.6 Å². The van der Waals surface area contributed by atoms with E-state index in [2.05, 4.69) is 0 Å². The van der Waals surface area contributed by atoms with Gasteiger partial charge in [0.05, 0.1) is 0 Å². The Labute approximate surface area is 151 Å². The van der Waals surface area contributed by atoms with E-state index in [1.165, 1.54) is 14.0 Å². The van der Waals surface area contributed by atoms with Gasteiger partial charge in [0.25, 0.3) is 17.7 Å². The van der Waals surface area contributed by atoms with Crippen LogP contribution in [-0.2, 0) is 9.59 Å². The molecule has 26 heavy (non-hydrogen) atoms. The normalized spacial score (nSPS) is 12.8. The van der Waals surface area contributed by atoms with Gasteiger partial charge in [0.15, 0.2) is 5.54 Å². The molecule has 0 saturated carbocycles. The average Bonchev–Trinajstić information content (AvgIpc) is 2.66. The molecule has 3 amide bonds.